The van der Waals surface area contributed by atoms with Gasteiger partial charge in [0.15, 0.2) is 0 Å². The molecule has 0 unspecified atom stereocenters. The summed E-state index contributed by atoms with van der Waals surface area (Å²) in [4.78, 5) is 23.3. The molecule has 0 amide bonds. The lowest BCUT2D eigenvalue weighted by atomic mass is 10.1. The molecule has 124 valence electrons. The van der Waals surface area contributed by atoms with E-state index in [-0.39, 0.29) is 23.7 Å². The summed E-state index contributed by atoms with van der Waals surface area (Å²) < 4.78 is 15.8. The van der Waals surface area contributed by atoms with Gasteiger partial charge in [0.25, 0.3) is 0 Å². The summed E-state index contributed by atoms with van der Waals surface area (Å²) in [5.41, 5.74) is 0.204. The summed E-state index contributed by atoms with van der Waals surface area (Å²) in [5.74, 6) is -0.0509. The van der Waals surface area contributed by atoms with Gasteiger partial charge in [-0.2, -0.15) is 0 Å². The molecule has 0 saturated heterocycles. The van der Waals surface area contributed by atoms with Crippen molar-refractivity contribution in [3.8, 4) is 11.5 Å². The van der Waals surface area contributed by atoms with Crippen molar-refractivity contribution in [1.82, 2.24) is 0 Å². The first-order chi connectivity index (χ1) is 12.1. The molecule has 0 saturated carbocycles. The summed E-state index contributed by atoms with van der Waals surface area (Å²) in [6.45, 7) is 0.0818. The molecule has 6 nitrogen and oxygen atoms in total. The van der Waals surface area contributed by atoms with Gasteiger partial charge in [-0.25, -0.2) is 9.59 Å². The largest absolute Gasteiger partial charge is 0.507 e. The van der Waals surface area contributed by atoms with Crippen LogP contribution >= 0.6 is 0 Å². The van der Waals surface area contributed by atoms with E-state index in [9.17, 15) is 14.7 Å². The molecule has 2 heterocycles. The zero-order valence-corrected chi connectivity index (χ0v) is 12.9. The van der Waals surface area contributed by atoms with E-state index in [1.54, 1.807) is 36.4 Å². The Bertz CT molecular complexity index is 1200. The smallest absolute Gasteiger partial charge is 0.379 e. The van der Waals surface area contributed by atoms with Crippen LogP contribution in [0.1, 0.15) is 5.56 Å². The van der Waals surface area contributed by atoms with E-state index in [1.165, 1.54) is 0 Å². The molecule has 1 N–H and O–H groups in total. The van der Waals surface area contributed by atoms with E-state index in [0.29, 0.717) is 16.5 Å². The van der Waals surface area contributed by atoms with E-state index < -0.39 is 11.3 Å². The Morgan fingerprint density at radius 3 is 2.64 bits per heavy atom. The molecule has 0 atom stereocenters. The molecule has 2 aromatic heterocycles. The third-order valence-corrected chi connectivity index (χ3v) is 3.79. The van der Waals surface area contributed by atoms with Crippen LogP contribution < -0.4 is 16.0 Å². The van der Waals surface area contributed by atoms with E-state index >= 15 is 0 Å². The number of hydrogen-bond acceptors (Lipinski definition) is 6. The Labute approximate surface area is 140 Å². The Kier molecular flexibility index (Phi) is 3.50. The molecule has 6 heteroatoms. The number of para-hydroxylation sites is 1. The topological polar surface area (TPSA) is 89.9 Å². The highest BCUT2D eigenvalue weighted by Crippen LogP contribution is 2.24. The Morgan fingerprint density at radius 2 is 1.76 bits per heavy atom. The SMILES string of the molecule is O=c1cc(O)c2ccc(COc3cc4ccccc4oc3=O)cc2o1. The molecule has 0 aliphatic carbocycles. The highest BCUT2D eigenvalue weighted by atomic mass is 16.5. The van der Waals surface area contributed by atoms with Gasteiger partial charge in [0.1, 0.15) is 23.5 Å². The number of rotatable bonds is 3. The van der Waals surface area contributed by atoms with Crippen molar-refractivity contribution in [2.24, 2.45) is 0 Å². The van der Waals surface area contributed by atoms with Crippen molar-refractivity contribution in [3.05, 3.63) is 81.0 Å². The molecule has 4 aromatic rings. The Hall–Kier alpha value is -3.54. The fourth-order valence-electron chi connectivity index (χ4n) is 2.58. The van der Waals surface area contributed by atoms with Gasteiger partial charge >= 0.3 is 11.3 Å². The van der Waals surface area contributed by atoms with Crippen molar-refractivity contribution in [3.63, 3.8) is 0 Å². The fourth-order valence-corrected chi connectivity index (χ4v) is 2.58. The van der Waals surface area contributed by atoms with Crippen LogP contribution in [0.5, 0.6) is 11.5 Å². The second-order valence-corrected chi connectivity index (χ2v) is 5.51. The highest BCUT2D eigenvalue weighted by Gasteiger charge is 2.09. The molecule has 0 spiro atoms. The van der Waals surface area contributed by atoms with Crippen LogP contribution in [0.2, 0.25) is 0 Å². The molecular weight excluding hydrogens is 324 g/mol. The predicted octanol–water partition coefficient (Wildman–Crippen LogP) is 3.18. The number of hydrogen-bond donors (Lipinski definition) is 1. The first-order valence-corrected chi connectivity index (χ1v) is 7.51. The lowest BCUT2D eigenvalue weighted by Crippen LogP contribution is -2.07. The van der Waals surface area contributed by atoms with Gasteiger partial charge in [0, 0.05) is 5.39 Å². The van der Waals surface area contributed by atoms with Crippen LogP contribution in [0.4, 0.5) is 0 Å². The monoisotopic (exact) mass is 336 g/mol. The minimum absolute atomic E-state index is 0.0818. The van der Waals surface area contributed by atoms with Crippen LogP contribution in [-0.4, -0.2) is 5.11 Å². The fraction of sp³-hybridized carbons (Fsp3) is 0.0526. The van der Waals surface area contributed by atoms with Gasteiger partial charge < -0.3 is 18.7 Å². The van der Waals surface area contributed by atoms with Gasteiger partial charge in [-0.05, 0) is 29.8 Å². The molecule has 0 aliphatic heterocycles. The summed E-state index contributed by atoms with van der Waals surface area (Å²) in [7, 11) is 0. The van der Waals surface area contributed by atoms with Crippen molar-refractivity contribution in [1.29, 1.82) is 0 Å². The van der Waals surface area contributed by atoms with Gasteiger partial charge in [0.2, 0.25) is 5.75 Å². The summed E-state index contributed by atoms with van der Waals surface area (Å²) in [6.07, 6.45) is 0. The van der Waals surface area contributed by atoms with Crippen LogP contribution in [-0.2, 0) is 6.61 Å². The molecule has 0 aliphatic rings. The standard InChI is InChI=1S/C19H12O6/c20-14-9-18(21)24-16-7-11(5-6-13(14)16)10-23-17-8-12-3-1-2-4-15(12)25-19(17)22/h1-9,20H,10H2. The van der Waals surface area contributed by atoms with Crippen LogP contribution in [0.15, 0.2) is 73.0 Å². The zero-order valence-electron chi connectivity index (χ0n) is 12.9. The average Bonchev–Trinajstić information content (AvgIpc) is 2.59. The molecule has 4 rings (SSSR count). The maximum atomic E-state index is 12.0. The summed E-state index contributed by atoms with van der Waals surface area (Å²) >= 11 is 0. The molecular formula is C19H12O6. The van der Waals surface area contributed by atoms with Crippen molar-refractivity contribution in [2.75, 3.05) is 0 Å². The lowest BCUT2D eigenvalue weighted by molar-refractivity contribution is 0.291. The van der Waals surface area contributed by atoms with E-state index in [1.807, 2.05) is 12.1 Å². The van der Waals surface area contributed by atoms with Gasteiger partial charge in [0.05, 0.1) is 11.5 Å². The maximum absolute atomic E-state index is 12.0. The number of aromatic hydroxyl groups is 1. The van der Waals surface area contributed by atoms with Crippen LogP contribution in [0.25, 0.3) is 21.9 Å². The minimum atomic E-state index is -0.641. The Morgan fingerprint density at radius 1 is 0.920 bits per heavy atom. The maximum Gasteiger partial charge on any atom is 0.379 e. The quantitative estimate of drug-likeness (QED) is 0.578. The second kappa shape index (κ2) is 5.83. The van der Waals surface area contributed by atoms with E-state index in [2.05, 4.69) is 0 Å². The van der Waals surface area contributed by atoms with Crippen LogP contribution in [0.3, 0.4) is 0 Å². The average molecular weight is 336 g/mol. The molecule has 2 aromatic carbocycles. The third-order valence-electron chi connectivity index (χ3n) is 3.79. The van der Waals surface area contributed by atoms with Crippen molar-refractivity contribution >= 4 is 21.9 Å². The highest BCUT2D eigenvalue weighted by molar-refractivity contribution is 5.83. The summed E-state index contributed by atoms with van der Waals surface area (Å²) in [5, 5.41) is 10.9. The van der Waals surface area contributed by atoms with Gasteiger partial charge in [-0.1, -0.05) is 24.3 Å². The van der Waals surface area contributed by atoms with E-state index in [4.69, 9.17) is 13.6 Å². The van der Waals surface area contributed by atoms with Gasteiger partial charge in [-0.3, -0.25) is 0 Å². The molecule has 0 fully saturated rings. The third kappa shape index (κ3) is 2.85. The number of fused-ring (bicyclic) bond motifs is 2. The first-order valence-electron chi connectivity index (χ1n) is 7.51. The van der Waals surface area contributed by atoms with Crippen molar-refractivity contribution < 1.29 is 18.7 Å². The van der Waals surface area contributed by atoms with Crippen LogP contribution in [0, 0.1) is 0 Å². The van der Waals surface area contributed by atoms with E-state index in [0.717, 1.165) is 11.5 Å². The minimum Gasteiger partial charge on any atom is -0.507 e. The zero-order chi connectivity index (χ0) is 17.4. The summed E-state index contributed by atoms with van der Waals surface area (Å²) in [6, 6.07) is 14.7. The Balaban J connectivity index is 1.65. The first kappa shape index (κ1) is 15.0. The predicted molar refractivity (Wildman–Crippen MR) is 91.0 cm³/mol. The molecule has 0 radical (unpaired) electrons. The normalized spacial score (nSPS) is 11.0. The molecule has 25 heavy (non-hydrogen) atoms. The molecule has 0 bridgehead atoms. The lowest BCUT2D eigenvalue weighted by Gasteiger charge is -2.07. The number of benzene rings is 2. The second-order valence-electron chi connectivity index (χ2n) is 5.51. The van der Waals surface area contributed by atoms with Gasteiger partial charge in [-0.15, -0.1) is 0 Å². The number of ether oxygens (including phenoxy) is 1. The van der Waals surface area contributed by atoms with Crippen molar-refractivity contribution in [2.45, 2.75) is 6.61 Å².